The number of carboxylic acid groups (broad SMARTS) is 1. The molecule has 34 heteroatoms. The summed E-state index contributed by atoms with van der Waals surface area (Å²) in [6.45, 7) is 11.9. The molecule has 10 N–H and O–H groups in total. The van der Waals surface area contributed by atoms with Gasteiger partial charge >= 0.3 is 18.2 Å². The molecule has 9 amide bonds. The lowest BCUT2D eigenvalue weighted by Gasteiger charge is -2.28. The summed E-state index contributed by atoms with van der Waals surface area (Å²) in [7, 11) is 4.60. The largest absolute Gasteiger partial charge is 0.489 e. The number of nitrogens with two attached hydrogens (primary N) is 2. The van der Waals surface area contributed by atoms with E-state index in [4.69, 9.17) is 45.0 Å². The second-order valence-corrected chi connectivity index (χ2v) is 25.9. The van der Waals surface area contributed by atoms with E-state index < -0.39 is 29.4 Å². The number of carbonyl (C=O) groups excluding carboxylic acids is 9. The van der Waals surface area contributed by atoms with E-state index in [9.17, 15) is 65.5 Å². The van der Waals surface area contributed by atoms with Crippen molar-refractivity contribution in [3.8, 4) is 23.0 Å². The van der Waals surface area contributed by atoms with E-state index in [2.05, 4.69) is 26.6 Å². The number of halogens is 6. The zero-order valence-electron chi connectivity index (χ0n) is 61.1. The van der Waals surface area contributed by atoms with Crippen LogP contribution in [0, 0.1) is 0 Å². The van der Waals surface area contributed by atoms with Gasteiger partial charge in [-0.3, -0.25) is 38.4 Å². The molecular weight excluding hydrogens is 1450 g/mol. The smallest absolute Gasteiger partial charge is 0.407 e. The van der Waals surface area contributed by atoms with Gasteiger partial charge < -0.3 is 91.2 Å². The molecule has 0 unspecified atom stereocenters. The average Bonchev–Trinajstić information content (AvgIpc) is 0.823. The number of hydrogen-bond donors (Lipinski definition) is 8. The van der Waals surface area contributed by atoms with Gasteiger partial charge in [0.05, 0.1) is 45.0 Å². The lowest BCUT2D eigenvalue weighted by molar-refractivity contribution is -0.137. The van der Waals surface area contributed by atoms with Crippen molar-refractivity contribution in [2.45, 2.75) is 78.4 Å². The van der Waals surface area contributed by atoms with Gasteiger partial charge in [0.25, 0.3) is 23.6 Å². The maximum absolute atomic E-state index is 13.1. The molecule has 0 bridgehead atoms. The molecule has 107 heavy (non-hydrogen) atoms. The Morgan fingerprint density at radius 3 is 0.888 bits per heavy atom. The Morgan fingerprint density at radius 1 is 0.430 bits per heavy atom. The van der Waals surface area contributed by atoms with Gasteiger partial charge in [0, 0.05) is 118 Å². The highest BCUT2D eigenvalue weighted by Crippen LogP contribution is 2.29. The summed E-state index contributed by atoms with van der Waals surface area (Å²) < 4.78 is 83.5. The molecule has 0 spiro atoms. The van der Waals surface area contributed by atoms with Crippen LogP contribution in [-0.2, 0) is 54.3 Å². The molecule has 4 aromatic rings. The first kappa shape index (κ1) is 90.8. The van der Waals surface area contributed by atoms with E-state index in [1.165, 1.54) is 40.7 Å². The van der Waals surface area contributed by atoms with Crippen LogP contribution in [0.15, 0.2) is 120 Å². The SMILES string of the molecule is CC(C)(C)OC(=O)NC/C(=C\F)COc1ccc2c(c1)CCN(CC(=O)O)C2=O.CNC(=O)CN1CCc2cc(OC/C(=C/F)CN)ccc2C1=O.CNC(=O)CN1CCc2cc(OC/C(=C/F)CN)ccc2C1=O.CNC(=O)CN1CCc2cc(OC/C(=C/F)CNC(=O)OC(C)(C)C)ccc2C1=O.Cl.Cl. The van der Waals surface area contributed by atoms with E-state index in [0.29, 0.717) is 134 Å². The number of nitrogens with zero attached hydrogens (tertiary/aromatic N) is 4. The summed E-state index contributed by atoms with van der Waals surface area (Å²) in [4.78, 5) is 124. The lowest BCUT2D eigenvalue weighted by Crippen LogP contribution is -2.43. The summed E-state index contributed by atoms with van der Waals surface area (Å²) in [6, 6.07) is 20.0. The molecule has 28 nitrogen and oxygen atoms in total. The minimum Gasteiger partial charge on any atom is -0.489 e. The number of benzene rings is 4. The molecule has 0 aliphatic carbocycles. The summed E-state index contributed by atoms with van der Waals surface area (Å²) in [5, 5.41) is 21.3. The first-order chi connectivity index (χ1) is 49.9. The quantitative estimate of drug-likeness (QED) is 0.0299. The maximum atomic E-state index is 13.1. The molecule has 586 valence electrons. The van der Waals surface area contributed by atoms with Gasteiger partial charge in [-0.15, -0.1) is 24.8 Å². The van der Waals surface area contributed by atoms with Crippen LogP contribution in [-0.4, -0.2) is 222 Å². The van der Waals surface area contributed by atoms with E-state index in [0.717, 1.165) is 22.3 Å². The first-order valence-electron chi connectivity index (χ1n) is 33.4. The van der Waals surface area contributed by atoms with Gasteiger partial charge in [0.2, 0.25) is 17.7 Å². The summed E-state index contributed by atoms with van der Waals surface area (Å²) in [6.07, 6.45) is 2.69. The van der Waals surface area contributed by atoms with Crippen LogP contribution in [0.1, 0.15) is 105 Å². The molecule has 4 aliphatic heterocycles. The number of fused-ring (bicyclic) bond motifs is 4. The average molecular weight is 1550 g/mol. The second-order valence-electron chi connectivity index (χ2n) is 25.9. The molecule has 8 rings (SSSR count). The zero-order chi connectivity index (χ0) is 77.6. The maximum Gasteiger partial charge on any atom is 0.407 e. The highest BCUT2D eigenvalue weighted by Gasteiger charge is 2.31. The summed E-state index contributed by atoms with van der Waals surface area (Å²) >= 11 is 0. The van der Waals surface area contributed by atoms with Gasteiger partial charge in [0.15, 0.2) is 0 Å². The minimum absolute atomic E-state index is 0. The van der Waals surface area contributed by atoms with Crippen molar-refractivity contribution >= 4 is 84.3 Å². The number of alkyl carbamates (subject to hydrolysis) is 2. The topological polar surface area (TPSA) is 371 Å². The molecule has 0 saturated carbocycles. The number of nitrogens with one attached hydrogen (secondary N) is 5. The Hall–Kier alpha value is -10.4. The third-order valence-electron chi connectivity index (χ3n) is 15.7. The van der Waals surface area contributed by atoms with Crippen molar-refractivity contribution in [2.75, 3.05) is 126 Å². The normalized spacial score (nSPS) is 14.0. The molecule has 0 fully saturated rings. The molecule has 4 aromatic carbocycles. The lowest BCUT2D eigenvalue weighted by atomic mass is 9.98. The van der Waals surface area contributed by atoms with Crippen LogP contribution in [0.2, 0.25) is 0 Å². The van der Waals surface area contributed by atoms with E-state index in [1.807, 2.05) is 0 Å². The Labute approximate surface area is 630 Å². The first-order valence-corrected chi connectivity index (χ1v) is 33.4. The standard InChI is InChI=1S/C21H28FN3O5.C20H25FN2O6.2C16H20FN3O3.2ClH/c1-21(2,3)30-20(28)24-11-14(10-22)13-29-16-5-6-17-15(9-16)7-8-25(19(17)27)12-18(26)23-4;1-20(2,3)29-19(27)22-10-13(9-21)12-28-15-4-5-16-14(8-15)6-7-23(18(16)26)11-17(24)25;2*1-19-15(21)9-20-5-4-12-6-13(2-3-14(12)16(20)22)23-10-11(7-17)8-18;;/h5-6,9-10H,7-8,11-13H2,1-4H3,(H,23,26)(H,24,28);4-5,8-9H,6-7,10-12H2,1-3H3,(H,22,27)(H,24,25);2*2-3,6-7H,4-5,8-10,18H2,1H3,(H,19,21);2*1H/b14-10+;13-9+;2*11-7+;;. The van der Waals surface area contributed by atoms with Crippen LogP contribution < -0.4 is 57.0 Å². The minimum atomic E-state index is -1.06. The van der Waals surface area contributed by atoms with Crippen molar-refractivity contribution in [3.05, 3.63) is 165 Å². The molecule has 0 aromatic heterocycles. The number of ether oxygens (including phenoxy) is 6. The zero-order valence-corrected chi connectivity index (χ0v) is 62.8. The van der Waals surface area contributed by atoms with Gasteiger partial charge in [-0.2, -0.15) is 0 Å². The van der Waals surface area contributed by atoms with Crippen molar-refractivity contribution in [2.24, 2.45) is 11.5 Å². The third-order valence-corrected chi connectivity index (χ3v) is 15.7. The van der Waals surface area contributed by atoms with Crippen molar-refractivity contribution in [1.82, 2.24) is 46.2 Å². The predicted molar refractivity (Wildman–Crippen MR) is 394 cm³/mol. The third kappa shape index (κ3) is 29.8. The molecule has 0 saturated heterocycles. The second kappa shape index (κ2) is 44.5. The van der Waals surface area contributed by atoms with Gasteiger partial charge in [-0.1, -0.05) is 0 Å². The number of rotatable bonds is 26. The predicted octanol–water partition coefficient (Wildman–Crippen LogP) is 6.80. The Balaban J connectivity index is 0.000000370. The van der Waals surface area contributed by atoms with Crippen LogP contribution >= 0.6 is 24.8 Å². The monoisotopic (exact) mass is 1540 g/mol. The summed E-state index contributed by atoms with van der Waals surface area (Å²) in [5.74, 6) is -0.539. The van der Waals surface area contributed by atoms with Gasteiger partial charge in [-0.05, 0) is 162 Å². The Bertz CT molecular complexity index is 3800. The van der Waals surface area contributed by atoms with E-state index in [-0.39, 0.29) is 156 Å². The number of aliphatic carboxylic acids is 1. The van der Waals surface area contributed by atoms with Crippen LogP contribution in [0.25, 0.3) is 0 Å². The Kier molecular flexibility index (Phi) is 37.8. The van der Waals surface area contributed by atoms with Gasteiger partial charge in [-0.25, -0.2) is 27.2 Å². The van der Waals surface area contributed by atoms with E-state index in [1.54, 1.807) is 114 Å². The molecule has 0 atom stereocenters. The van der Waals surface area contributed by atoms with Crippen molar-refractivity contribution in [1.29, 1.82) is 0 Å². The number of hydrogen-bond acceptors (Lipinski definition) is 18. The number of amides is 9. The fraction of sp³-hybridized carbons (Fsp3) is 0.425. The number of likely N-dealkylation sites (N-methyl/N-ethyl adjacent to an activating group) is 3. The van der Waals surface area contributed by atoms with Crippen LogP contribution in [0.3, 0.4) is 0 Å². The highest BCUT2D eigenvalue weighted by molar-refractivity contribution is 6.01. The molecule has 4 heterocycles. The molecular formula is C73H95Cl2F4N11O17. The molecule has 4 aliphatic rings. The highest BCUT2D eigenvalue weighted by atomic mass is 35.5. The van der Waals surface area contributed by atoms with Crippen LogP contribution in [0.4, 0.5) is 27.2 Å². The van der Waals surface area contributed by atoms with Crippen molar-refractivity contribution < 1.29 is 99.0 Å². The van der Waals surface area contributed by atoms with E-state index >= 15 is 0 Å². The van der Waals surface area contributed by atoms with Crippen molar-refractivity contribution in [3.63, 3.8) is 0 Å². The van der Waals surface area contributed by atoms with Crippen LogP contribution in [0.5, 0.6) is 23.0 Å². The number of carbonyl (C=O) groups is 10. The Morgan fingerprint density at radius 2 is 0.673 bits per heavy atom. The molecule has 0 radical (unpaired) electrons. The van der Waals surface area contributed by atoms with Gasteiger partial charge in [0.1, 0.15) is 67.2 Å². The number of carboxylic acids is 1. The fourth-order valence-corrected chi connectivity index (χ4v) is 10.2. The fourth-order valence-electron chi connectivity index (χ4n) is 10.2. The summed E-state index contributed by atoms with van der Waals surface area (Å²) in [5.41, 5.74) is 15.9.